The topological polar surface area (TPSA) is 71.8 Å². The first-order valence-corrected chi connectivity index (χ1v) is 6.01. The van der Waals surface area contributed by atoms with Gasteiger partial charge in [0.05, 0.1) is 10.9 Å². The second-order valence-corrected chi connectivity index (χ2v) is 4.52. The third-order valence-corrected chi connectivity index (χ3v) is 3.08. The monoisotopic (exact) mass is 251 g/mol. The van der Waals surface area contributed by atoms with Gasteiger partial charge in [-0.1, -0.05) is 23.8 Å². The van der Waals surface area contributed by atoms with Gasteiger partial charge in [-0.05, 0) is 31.2 Å². The van der Waals surface area contributed by atoms with Gasteiger partial charge in [-0.3, -0.25) is 4.79 Å². The van der Waals surface area contributed by atoms with Crippen LogP contribution in [0.4, 0.5) is 5.69 Å². The highest BCUT2D eigenvalue weighted by Gasteiger charge is 2.08. The van der Waals surface area contributed by atoms with Gasteiger partial charge in [-0.15, -0.1) is 0 Å². The molecule has 0 fully saturated rings. The summed E-state index contributed by atoms with van der Waals surface area (Å²) < 4.78 is 0. The van der Waals surface area contributed by atoms with Crippen LogP contribution in [-0.4, -0.2) is 9.97 Å². The molecular weight excluding hydrogens is 238 g/mol. The summed E-state index contributed by atoms with van der Waals surface area (Å²) in [6.45, 7) is 1.97. The molecule has 0 radical (unpaired) electrons. The maximum atomic E-state index is 12.0. The maximum absolute atomic E-state index is 12.0. The summed E-state index contributed by atoms with van der Waals surface area (Å²) in [6.07, 6.45) is 0. The fraction of sp³-hybridized carbons (Fsp3) is 0.0667. The second kappa shape index (κ2) is 4.24. The SMILES string of the molecule is Cc1ccc(N)c(-c2nc3ccccc3c(=O)[nH]2)c1. The molecule has 3 rings (SSSR count). The molecule has 0 spiro atoms. The number of para-hydroxylation sites is 1. The fourth-order valence-electron chi connectivity index (χ4n) is 2.09. The number of hydrogen-bond donors (Lipinski definition) is 2. The molecule has 0 saturated heterocycles. The molecule has 4 nitrogen and oxygen atoms in total. The number of nitrogen functional groups attached to an aromatic ring is 1. The summed E-state index contributed by atoms with van der Waals surface area (Å²) in [5, 5.41) is 0.581. The molecule has 4 heteroatoms. The van der Waals surface area contributed by atoms with E-state index in [4.69, 9.17) is 5.73 Å². The number of aromatic amines is 1. The normalized spacial score (nSPS) is 10.8. The zero-order chi connectivity index (χ0) is 13.4. The van der Waals surface area contributed by atoms with Crippen LogP contribution in [0.1, 0.15) is 5.56 Å². The minimum Gasteiger partial charge on any atom is -0.398 e. The quantitative estimate of drug-likeness (QED) is 0.653. The summed E-state index contributed by atoms with van der Waals surface area (Å²) in [5.74, 6) is 0.505. The Balaban J connectivity index is 2.31. The Labute approximate surface area is 109 Å². The van der Waals surface area contributed by atoms with Gasteiger partial charge in [-0.2, -0.15) is 0 Å². The summed E-state index contributed by atoms with van der Waals surface area (Å²) in [4.78, 5) is 19.3. The largest absolute Gasteiger partial charge is 0.398 e. The second-order valence-electron chi connectivity index (χ2n) is 4.52. The Morgan fingerprint density at radius 3 is 2.79 bits per heavy atom. The third kappa shape index (κ3) is 1.97. The minimum atomic E-state index is -0.151. The first-order valence-electron chi connectivity index (χ1n) is 6.01. The predicted molar refractivity (Wildman–Crippen MR) is 76.9 cm³/mol. The Morgan fingerprint density at radius 2 is 1.95 bits per heavy atom. The number of anilines is 1. The Bertz CT molecular complexity index is 821. The lowest BCUT2D eigenvalue weighted by molar-refractivity contribution is 1.18. The molecular formula is C15H13N3O. The lowest BCUT2D eigenvalue weighted by Gasteiger charge is -2.07. The van der Waals surface area contributed by atoms with E-state index >= 15 is 0 Å². The lowest BCUT2D eigenvalue weighted by atomic mass is 10.1. The van der Waals surface area contributed by atoms with Crippen LogP contribution in [0, 0.1) is 6.92 Å². The van der Waals surface area contributed by atoms with E-state index in [0.717, 1.165) is 11.1 Å². The van der Waals surface area contributed by atoms with Crippen molar-refractivity contribution < 1.29 is 0 Å². The van der Waals surface area contributed by atoms with Crippen molar-refractivity contribution in [2.75, 3.05) is 5.73 Å². The number of nitrogens with two attached hydrogens (primary N) is 1. The van der Waals surface area contributed by atoms with Crippen LogP contribution in [0.5, 0.6) is 0 Å². The lowest BCUT2D eigenvalue weighted by Crippen LogP contribution is -2.10. The zero-order valence-corrected chi connectivity index (χ0v) is 10.5. The van der Waals surface area contributed by atoms with Crippen LogP contribution >= 0.6 is 0 Å². The summed E-state index contributed by atoms with van der Waals surface area (Å²) in [7, 11) is 0. The van der Waals surface area contributed by atoms with Gasteiger partial charge in [0.2, 0.25) is 0 Å². The number of aryl methyl sites for hydroxylation is 1. The van der Waals surface area contributed by atoms with Crippen LogP contribution < -0.4 is 11.3 Å². The van der Waals surface area contributed by atoms with Crippen LogP contribution in [0.15, 0.2) is 47.3 Å². The van der Waals surface area contributed by atoms with E-state index in [-0.39, 0.29) is 5.56 Å². The molecule has 0 aliphatic heterocycles. The molecule has 0 unspecified atom stereocenters. The molecule has 1 heterocycles. The Kier molecular flexibility index (Phi) is 2.56. The van der Waals surface area contributed by atoms with Crippen molar-refractivity contribution in [1.29, 1.82) is 0 Å². The van der Waals surface area contributed by atoms with E-state index in [9.17, 15) is 4.79 Å². The smallest absolute Gasteiger partial charge is 0.259 e. The first kappa shape index (κ1) is 11.5. The molecule has 0 atom stereocenters. The van der Waals surface area contributed by atoms with Crippen LogP contribution in [0.2, 0.25) is 0 Å². The highest BCUT2D eigenvalue weighted by molar-refractivity contribution is 5.81. The highest BCUT2D eigenvalue weighted by Crippen LogP contribution is 2.24. The molecule has 0 aliphatic rings. The average Bonchev–Trinajstić information content (AvgIpc) is 2.41. The van der Waals surface area contributed by atoms with Gasteiger partial charge in [0, 0.05) is 11.3 Å². The third-order valence-electron chi connectivity index (χ3n) is 3.08. The molecule has 0 saturated carbocycles. The van der Waals surface area contributed by atoms with Crippen molar-refractivity contribution in [1.82, 2.24) is 9.97 Å². The predicted octanol–water partition coefficient (Wildman–Crippen LogP) is 2.48. The first-order chi connectivity index (χ1) is 9.15. The molecule has 1 aromatic heterocycles. The molecule has 3 aromatic rings. The number of benzene rings is 2. The van der Waals surface area contributed by atoms with Crippen LogP contribution in [0.25, 0.3) is 22.3 Å². The molecule has 94 valence electrons. The standard InChI is InChI=1S/C15H13N3O/c1-9-6-7-12(16)11(8-9)14-17-13-5-3-2-4-10(13)15(19)18-14/h2-8H,16H2,1H3,(H,17,18,19). The summed E-state index contributed by atoms with van der Waals surface area (Å²) >= 11 is 0. The fourth-order valence-corrected chi connectivity index (χ4v) is 2.09. The van der Waals surface area contributed by atoms with Gasteiger partial charge in [0.1, 0.15) is 5.82 Å². The summed E-state index contributed by atoms with van der Waals surface area (Å²) in [5.41, 5.74) is 8.89. The number of aromatic nitrogens is 2. The molecule has 3 N–H and O–H groups in total. The highest BCUT2D eigenvalue weighted by atomic mass is 16.1. The van der Waals surface area contributed by atoms with Gasteiger partial charge < -0.3 is 10.7 Å². The number of H-pyrrole nitrogens is 1. The number of nitrogens with one attached hydrogen (secondary N) is 1. The average molecular weight is 251 g/mol. The van der Waals surface area contributed by atoms with E-state index < -0.39 is 0 Å². The molecule has 2 aromatic carbocycles. The minimum absolute atomic E-state index is 0.151. The van der Waals surface area contributed by atoms with Crippen molar-refractivity contribution in [3.05, 3.63) is 58.4 Å². The van der Waals surface area contributed by atoms with Crippen molar-refractivity contribution in [3.63, 3.8) is 0 Å². The molecule has 0 amide bonds. The molecule has 0 bridgehead atoms. The summed E-state index contributed by atoms with van der Waals surface area (Å²) in [6, 6.07) is 12.9. The van der Waals surface area contributed by atoms with Gasteiger partial charge in [-0.25, -0.2) is 4.98 Å². The van der Waals surface area contributed by atoms with Crippen molar-refractivity contribution >= 4 is 16.6 Å². The van der Waals surface area contributed by atoms with Crippen molar-refractivity contribution in [2.45, 2.75) is 6.92 Å². The van der Waals surface area contributed by atoms with Crippen molar-refractivity contribution in [3.8, 4) is 11.4 Å². The van der Waals surface area contributed by atoms with E-state index in [1.54, 1.807) is 6.07 Å². The van der Waals surface area contributed by atoms with E-state index in [2.05, 4.69) is 9.97 Å². The number of nitrogens with zero attached hydrogens (tertiary/aromatic N) is 1. The van der Waals surface area contributed by atoms with Gasteiger partial charge >= 0.3 is 0 Å². The van der Waals surface area contributed by atoms with E-state index in [1.807, 2.05) is 43.3 Å². The van der Waals surface area contributed by atoms with Gasteiger partial charge in [0.25, 0.3) is 5.56 Å². The van der Waals surface area contributed by atoms with Gasteiger partial charge in [0.15, 0.2) is 0 Å². The zero-order valence-electron chi connectivity index (χ0n) is 10.5. The maximum Gasteiger partial charge on any atom is 0.259 e. The number of hydrogen-bond acceptors (Lipinski definition) is 3. The molecule has 19 heavy (non-hydrogen) atoms. The van der Waals surface area contributed by atoms with E-state index in [0.29, 0.717) is 22.4 Å². The van der Waals surface area contributed by atoms with Crippen LogP contribution in [-0.2, 0) is 0 Å². The molecule has 0 aliphatic carbocycles. The van der Waals surface area contributed by atoms with Crippen LogP contribution in [0.3, 0.4) is 0 Å². The van der Waals surface area contributed by atoms with E-state index in [1.165, 1.54) is 0 Å². The Hall–Kier alpha value is -2.62. The van der Waals surface area contributed by atoms with Crippen molar-refractivity contribution in [2.24, 2.45) is 0 Å². The number of fused-ring (bicyclic) bond motifs is 1. The Morgan fingerprint density at radius 1 is 1.16 bits per heavy atom. The number of rotatable bonds is 1.